The molecule has 18 heavy (non-hydrogen) atoms. The molecule has 2 aliphatic heterocycles. The number of amides is 2. The van der Waals surface area contributed by atoms with Crippen LogP contribution in [0.2, 0.25) is 0 Å². The molecule has 0 spiro atoms. The van der Waals surface area contributed by atoms with Gasteiger partial charge in [-0.2, -0.15) is 0 Å². The standard InChI is InChI=1S/C11H20N2O4S/c1-13(9-4-6-18(15,16)8-9)11(14)12-7-10-3-2-5-17-10/h9-10H,2-8H2,1H3,(H,12,14)/t9-,10-/m1/s1. The molecule has 0 radical (unpaired) electrons. The molecule has 2 heterocycles. The highest BCUT2D eigenvalue weighted by Gasteiger charge is 2.32. The molecule has 0 aromatic rings. The molecule has 104 valence electrons. The van der Waals surface area contributed by atoms with Gasteiger partial charge in [-0.15, -0.1) is 0 Å². The fourth-order valence-corrected chi connectivity index (χ4v) is 4.15. The van der Waals surface area contributed by atoms with Crippen LogP contribution in [0.3, 0.4) is 0 Å². The molecule has 0 aromatic carbocycles. The van der Waals surface area contributed by atoms with Gasteiger partial charge in [0.15, 0.2) is 9.84 Å². The maximum atomic E-state index is 11.9. The number of nitrogens with one attached hydrogen (secondary N) is 1. The van der Waals surface area contributed by atoms with E-state index in [1.807, 2.05) is 0 Å². The summed E-state index contributed by atoms with van der Waals surface area (Å²) in [6.07, 6.45) is 2.65. The average molecular weight is 276 g/mol. The summed E-state index contributed by atoms with van der Waals surface area (Å²) >= 11 is 0. The molecule has 2 aliphatic rings. The zero-order valence-electron chi connectivity index (χ0n) is 10.6. The molecule has 0 bridgehead atoms. The second-order valence-corrected chi connectivity index (χ2v) is 7.22. The van der Waals surface area contributed by atoms with E-state index in [-0.39, 0.29) is 29.7 Å². The van der Waals surface area contributed by atoms with Gasteiger partial charge in [0.2, 0.25) is 0 Å². The van der Waals surface area contributed by atoms with Crippen LogP contribution in [0.15, 0.2) is 0 Å². The Kier molecular flexibility index (Phi) is 4.11. The second-order valence-electron chi connectivity index (χ2n) is 4.99. The first kappa shape index (κ1) is 13.6. The van der Waals surface area contributed by atoms with Crippen molar-refractivity contribution in [2.24, 2.45) is 0 Å². The van der Waals surface area contributed by atoms with Crippen LogP contribution in [0.1, 0.15) is 19.3 Å². The number of ether oxygens (including phenoxy) is 1. The molecule has 2 fully saturated rings. The maximum Gasteiger partial charge on any atom is 0.317 e. The summed E-state index contributed by atoms with van der Waals surface area (Å²) in [7, 11) is -1.30. The Bertz CT molecular complexity index is 403. The van der Waals surface area contributed by atoms with E-state index >= 15 is 0 Å². The van der Waals surface area contributed by atoms with Gasteiger partial charge in [0, 0.05) is 26.2 Å². The van der Waals surface area contributed by atoms with Crippen molar-refractivity contribution in [3.05, 3.63) is 0 Å². The van der Waals surface area contributed by atoms with Crippen LogP contribution in [0.4, 0.5) is 4.79 Å². The Morgan fingerprint density at radius 2 is 2.22 bits per heavy atom. The molecule has 2 atom stereocenters. The molecule has 2 amide bonds. The lowest BCUT2D eigenvalue weighted by molar-refractivity contribution is 0.108. The van der Waals surface area contributed by atoms with Crippen LogP contribution in [0.5, 0.6) is 0 Å². The summed E-state index contributed by atoms with van der Waals surface area (Å²) < 4.78 is 28.1. The lowest BCUT2D eigenvalue weighted by Gasteiger charge is -2.24. The summed E-state index contributed by atoms with van der Waals surface area (Å²) in [5.74, 6) is 0.262. The molecular weight excluding hydrogens is 256 g/mol. The highest BCUT2D eigenvalue weighted by atomic mass is 32.2. The predicted molar refractivity (Wildman–Crippen MR) is 67.2 cm³/mol. The van der Waals surface area contributed by atoms with Crippen molar-refractivity contribution >= 4 is 15.9 Å². The Balaban J connectivity index is 1.78. The van der Waals surface area contributed by atoms with Gasteiger partial charge in [-0.3, -0.25) is 0 Å². The number of sulfone groups is 1. The Hall–Kier alpha value is -0.820. The van der Waals surface area contributed by atoms with Crippen molar-refractivity contribution in [1.82, 2.24) is 10.2 Å². The minimum atomic E-state index is -2.95. The van der Waals surface area contributed by atoms with Crippen LogP contribution in [0.25, 0.3) is 0 Å². The average Bonchev–Trinajstić information content (AvgIpc) is 2.94. The summed E-state index contributed by atoms with van der Waals surface area (Å²) in [5.41, 5.74) is 0. The van der Waals surface area contributed by atoms with E-state index in [4.69, 9.17) is 4.74 Å². The van der Waals surface area contributed by atoms with Gasteiger partial charge in [0.1, 0.15) is 0 Å². The third-order valence-electron chi connectivity index (χ3n) is 3.58. The smallest absolute Gasteiger partial charge is 0.317 e. The third-order valence-corrected chi connectivity index (χ3v) is 5.33. The molecule has 0 saturated carbocycles. The van der Waals surface area contributed by atoms with E-state index in [0.717, 1.165) is 19.4 Å². The zero-order chi connectivity index (χ0) is 13.2. The lowest BCUT2D eigenvalue weighted by Crippen LogP contribution is -2.46. The highest BCUT2D eigenvalue weighted by molar-refractivity contribution is 7.91. The largest absolute Gasteiger partial charge is 0.376 e. The number of hydrogen-bond donors (Lipinski definition) is 1. The van der Waals surface area contributed by atoms with E-state index < -0.39 is 9.84 Å². The van der Waals surface area contributed by atoms with Crippen molar-refractivity contribution in [1.29, 1.82) is 0 Å². The Labute approximate surface area is 108 Å². The van der Waals surface area contributed by atoms with Gasteiger partial charge < -0.3 is 15.0 Å². The summed E-state index contributed by atoms with van der Waals surface area (Å²) in [4.78, 5) is 13.4. The zero-order valence-corrected chi connectivity index (χ0v) is 11.4. The van der Waals surface area contributed by atoms with Crippen LogP contribution in [-0.2, 0) is 14.6 Å². The van der Waals surface area contributed by atoms with Crippen molar-refractivity contribution in [3.8, 4) is 0 Å². The number of rotatable bonds is 3. The minimum Gasteiger partial charge on any atom is -0.376 e. The molecule has 6 nitrogen and oxygen atoms in total. The third kappa shape index (κ3) is 3.35. The summed E-state index contributed by atoms with van der Waals surface area (Å²) in [5, 5.41) is 2.80. The summed E-state index contributed by atoms with van der Waals surface area (Å²) in [6.45, 7) is 1.26. The molecule has 0 aromatic heterocycles. The maximum absolute atomic E-state index is 11.9. The van der Waals surface area contributed by atoms with Gasteiger partial charge in [0.25, 0.3) is 0 Å². The number of urea groups is 1. The van der Waals surface area contributed by atoms with Crippen molar-refractivity contribution in [2.45, 2.75) is 31.4 Å². The Morgan fingerprint density at radius 3 is 2.78 bits per heavy atom. The summed E-state index contributed by atoms with van der Waals surface area (Å²) in [6, 6.07) is -0.410. The van der Waals surface area contributed by atoms with Gasteiger partial charge in [0.05, 0.1) is 17.6 Å². The van der Waals surface area contributed by atoms with Crippen LogP contribution in [-0.4, -0.2) is 63.2 Å². The first-order valence-electron chi connectivity index (χ1n) is 6.30. The molecule has 0 aliphatic carbocycles. The quantitative estimate of drug-likeness (QED) is 0.787. The molecule has 7 heteroatoms. The molecule has 0 unspecified atom stereocenters. The predicted octanol–water partition coefficient (Wildman–Crippen LogP) is -0.00610. The topological polar surface area (TPSA) is 75.7 Å². The van der Waals surface area contributed by atoms with E-state index in [1.54, 1.807) is 7.05 Å². The second kappa shape index (κ2) is 5.44. The molecule has 2 rings (SSSR count). The number of nitrogens with zero attached hydrogens (tertiary/aromatic N) is 1. The van der Waals surface area contributed by atoms with Crippen LogP contribution in [0, 0.1) is 0 Å². The Morgan fingerprint density at radius 1 is 1.44 bits per heavy atom. The fourth-order valence-electron chi connectivity index (χ4n) is 2.38. The van der Waals surface area contributed by atoms with E-state index in [0.29, 0.717) is 13.0 Å². The number of hydrogen-bond acceptors (Lipinski definition) is 4. The van der Waals surface area contributed by atoms with Crippen LogP contribution >= 0.6 is 0 Å². The first-order valence-corrected chi connectivity index (χ1v) is 8.13. The van der Waals surface area contributed by atoms with Crippen molar-refractivity contribution in [2.75, 3.05) is 31.7 Å². The minimum absolute atomic E-state index is 0.0802. The van der Waals surface area contributed by atoms with Crippen molar-refractivity contribution in [3.63, 3.8) is 0 Å². The van der Waals surface area contributed by atoms with E-state index in [2.05, 4.69) is 5.32 Å². The van der Waals surface area contributed by atoms with Gasteiger partial charge in [-0.05, 0) is 19.3 Å². The molecule has 2 saturated heterocycles. The number of carbonyl (C=O) groups excluding carboxylic acids is 1. The van der Waals surface area contributed by atoms with Gasteiger partial charge in [-0.25, -0.2) is 13.2 Å². The molecule has 1 N–H and O–H groups in total. The normalized spacial score (nSPS) is 30.3. The molecular formula is C11H20N2O4S. The van der Waals surface area contributed by atoms with Crippen molar-refractivity contribution < 1.29 is 17.9 Å². The monoisotopic (exact) mass is 276 g/mol. The highest BCUT2D eigenvalue weighted by Crippen LogP contribution is 2.16. The lowest BCUT2D eigenvalue weighted by atomic mass is 10.2. The van der Waals surface area contributed by atoms with E-state index in [9.17, 15) is 13.2 Å². The van der Waals surface area contributed by atoms with Crippen LogP contribution < -0.4 is 5.32 Å². The van der Waals surface area contributed by atoms with Gasteiger partial charge >= 0.3 is 6.03 Å². The fraction of sp³-hybridized carbons (Fsp3) is 0.909. The SMILES string of the molecule is CN(C(=O)NC[C@H]1CCCO1)[C@@H]1CCS(=O)(=O)C1. The number of carbonyl (C=O) groups is 1. The van der Waals surface area contributed by atoms with E-state index in [1.165, 1.54) is 4.90 Å². The van der Waals surface area contributed by atoms with Gasteiger partial charge in [-0.1, -0.05) is 0 Å². The first-order chi connectivity index (χ1) is 8.48.